The van der Waals surface area contributed by atoms with E-state index in [1.54, 1.807) is 4.31 Å². The predicted octanol–water partition coefficient (Wildman–Crippen LogP) is 1.69. The summed E-state index contributed by atoms with van der Waals surface area (Å²) in [5.74, 6) is 1.18. The predicted molar refractivity (Wildman–Crippen MR) is 69.9 cm³/mol. The maximum Gasteiger partial charge on any atom is 0.216 e. The van der Waals surface area contributed by atoms with Crippen molar-refractivity contribution in [3.05, 3.63) is 0 Å². The number of piperidine rings is 1. The minimum absolute atomic E-state index is 0.0761. The Morgan fingerprint density at radius 3 is 2.41 bits per heavy atom. The molecule has 0 aliphatic carbocycles. The van der Waals surface area contributed by atoms with Gasteiger partial charge in [-0.05, 0) is 32.6 Å². The van der Waals surface area contributed by atoms with Gasteiger partial charge in [-0.3, -0.25) is 0 Å². The first-order chi connectivity index (χ1) is 7.95. The highest BCUT2D eigenvalue weighted by Crippen LogP contribution is 2.20. The number of nitrogens with zero attached hydrogens (tertiary/aromatic N) is 1. The highest BCUT2D eigenvalue weighted by Gasteiger charge is 2.27. The van der Waals surface area contributed by atoms with E-state index in [4.69, 9.17) is 16.3 Å². The van der Waals surface area contributed by atoms with Gasteiger partial charge in [0, 0.05) is 19.0 Å². The molecule has 6 heteroatoms. The molecule has 1 rings (SSSR count). The van der Waals surface area contributed by atoms with Crippen LogP contribution in [-0.4, -0.2) is 50.2 Å². The minimum Gasteiger partial charge on any atom is -0.378 e. The Morgan fingerprint density at radius 1 is 1.35 bits per heavy atom. The fraction of sp³-hybridized carbons (Fsp3) is 1.00. The molecular formula is C11H22ClNO3S. The number of hydrogen-bond donors (Lipinski definition) is 0. The average molecular weight is 284 g/mol. The van der Waals surface area contributed by atoms with Gasteiger partial charge in [-0.25, -0.2) is 12.7 Å². The Kier molecular flexibility index (Phi) is 6.20. The number of ether oxygens (including phenoxy) is 1. The largest absolute Gasteiger partial charge is 0.378 e. The first-order valence-corrected chi connectivity index (χ1v) is 8.25. The zero-order valence-electron chi connectivity index (χ0n) is 10.6. The van der Waals surface area contributed by atoms with E-state index >= 15 is 0 Å². The van der Waals surface area contributed by atoms with Crippen LogP contribution in [-0.2, 0) is 14.8 Å². The lowest BCUT2D eigenvalue weighted by Crippen LogP contribution is -2.40. The van der Waals surface area contributed by atoms with Gasteiger partial charge in [0.1, 0.15) is 0 Å². The Morgan fingerprint density at radius 2 is 1.94 bits per heavy atom. The van der Waals surface area contributed by atoms with Crippen LogP contribution in [0.1, 0.15) is 26.7 Å². The van der Waals surface area contributed by atoms with Crippen LogP contribution < -0.4 is 0 Å². The molecule has 0 N–H and O–H groups in total. The van der Waals surface area contributed by atoms with Gasteiger partial charge in [0.2, 0.25) is 10.0 Å². The molecular weight excluding hydrogens is 262 g/mol. The van der Waals surface area contributed by atoms with Crippen molar-refractivity contribution in [3.63, 3.8) is 0 Å². The third kappa shape index (κ3) is 5.12. The molecule has 1 fully saturated rings. The van der Waals surface area contributed by atoms with E-state index in [-0.39, 0.29) is 18.5 Å². The van der Waals surface area contributed by atoms with Crippen molar-refractivity contribution < 1.29 is 13.2 Å². The van der Waals surface area contributed by atoms with E-state index in [2.05, 4.69) is 0 Å². The second-order valence-corrected chi connectivity index (χ2v) is 7.13. The molecule has 0 aromatic carbocycles. The van der Waals surface area contributed by atoms with Crippen LogP contribution in [0.3, 0.4) is 0 Å². The summed E-state index contributed by atoms with van der Waals surface area (Å²) in [6, 6.07) is 0. The van der Waals surface area contributed by atoms with Crippen LogP contribution in [0, 0.1) is 5.92 Å². The maximum atomic E-state index is 12.0. The highest BCUT2D eigenvalue weighted by atomic mass is 35.5. The lowest BCUT2D eigenvalue weighted by Gasteiger charge is -2.30. The van der Waals surface area contributed by atoms with Gasteiger partial charge in [0.15, 0.2) is 0 Å². The van der Waals surface area contributed by atoms with Crippen molar-refractivity contribution in [1.82, 2.24) is 4.31 Å². The highest BCUT2D eigenvalue weighted by molar-refractivity contribution is 7.89. The van der Waals surface area contributed by atoms with Gasteiger partial charge in [-0.15, -0.1) is 11.6 Å². The molecule has 0 unspecified atom stereocenters. The molecule has 1 saturated heterocycles. The van der Waals surface area contributed by atoms with Gasteiger partial charge in [-0.1, -0.05) is 0 Å². The zero-order valence-corrected chi connectivity index (χ0v) is 12.1. The lowest BCUT2D eigenvalue weighted by molar-refractivity contribution is 0.0905. The fourth-order valence-electron chi connectivity index (χ4n) is 1.86. The van der Waals surface area contributed by atoms with Crippen LogP contribution in [0.5, 0.6) is 0 Å². The normalized spacial score (nSPS) is 20.0. The molecule has 1 aliphatic heterocycles. The van der Waals surface area contributed by atoms with Crippen LogP contribution in [0.25, 0.3) is 0 Å². The number of alkyl halides is 1. The molecule has 0 aromatic rings. The summed E-state index contributed by atoms with van der Waals surface area (Å²) >= 11 is 5.77. The van der Waals surface area contributed by atoms with Crippen LogP contribution >= 0.6 is 11.6 Å². The van der Waals surface area contributed by atoms with Crippen LogP contribution in [0.15, 0.2) is 0 Å². The van der Waals surface area contributed by atoms with Crippen molar-refractivity contribution in [1.29, 1.82) is 0 Å². The molecule has 0 bridgehead atoms. The molecule has 1 heterocycles. The quantitative estimate of drug-likeness (QED) is 0.697. The van der Waals surface area contributed by atoms with E-state index < -0.39 is 10.0 Å². The molecule has 0 radical (unpaired) electrons. The van der Waals surface area contributed by atoms with E-state index in [1.165, 1.54) is 0 Å². The van der Waals surface area contributed by atoms with Crippen molar-refractivity contribution >= 4 is 21.6 Å². The summed E-state index contributed by atoms with van der Waals surface area (Å²) in [5, 5.41) is 0. The van der Waals surface area contributed by atoms with Gasteiger partial charge in [0.05, 0.1) is 18.5 Å². The Hall–Kier alpha value is 0.160. The summed E-state index contributed by atoms with van der Waals surface area (Å²) < 4.78 is 30.8. The number of rotatable bonds is 6. The third-order valence-electron chi connectivity index (χ3n) is 2.98. The van der Waals surface area contributed by atoms with Crippen molar-refractivity contribution in [2.24, 2.45) is 5.92 Å². The molecule has 4 nitrogen and oxygen atoms in total. The number of hydrogen-bond acceptors (Lipinski definition) is 3. The zero-order chi connectivity index (χ0) is 12.9. The molecule has 1 aliphatic rings. The number of sulfonamides is 1. The molecule has 0 spiro atoms. The van der Waals surface area contributed by atoms with Gasteiger partial charge >= 0.3 is 0 Å². The summed E-state index contributed by atoms with van der Waals surface area (Å²) in [6.07, 6.45) is 1.81. The van der Waals surface area contributed by atoms with E-state index in [0.29, 0.717) is 24.9 Å². The van der Waals surface area contributed by atoms with Gasteiger partial charge in [0.25, 0.3) is 0 Å². The molecule has 0 aromatic heterocycles. The monoisotopic (exact) mass is 283 g/mol. The molecule has 17 heavy (non-hydrogen) atoms. The summed E-state index contributed by atoms with van der Waals surface area (Å²) in [5.41, 5.74) is 0. The molecule has 0 atom stereocenters. The summed E-state index contributed by atoms with van der Waals surface area (Å²) in [7, 11) is -3.15. The van der Waals surface area contributed by atoms with Gasteiger partial charge < -0.3 is 4.74 Å². The van der Waals surface area contributed by atoms with Crippen molar-refractivity contribution in [2.75, 3.05) is 31.3 Å². The van der Waals surface area contributed by atoms with Crippen LogP contribution in [0.4, 0.5) is 0 Å². The second-order valence-electron chi connectivity index (χ2n) is 4.73. The second kappa shape index (κ2) is 6.92. The Balaban J connectivity index is 2.38. The minimum atomic E-state index is -3.15. The summed E-state index contributed by atoms with van der Waals surface area (Å²) in [4.78, 5) is 0. The summed E-state index contributed by atoms with van der Waals surface area (Å²) in [6.45, 7) is 5.27. The molecule has 0 amide bonds. The first-order valence-electron chi connectivity index (χ1n) is 6.11. The topological polar surface area (TPSA) is 46.6 Å². The lowest BCUT2D eigenvalue weighted by atomic mass is 10.0. The Bertz CT molecular complexity index is 311. The Labute approximate surface area is 109 Å². The standard InChI is InChI=1S/C11H22ClNO3S/c1-10(2)16-7-8-17(14,15)13-5-3-11(9-12)4-6-13/h10-11H,3-9H2,1-2H3. The van der Waals surface area contributed by atoms with Crippen LogP contribution in [0.2, 0.25) is 0 Å². The van der Waals surface area contributed by atoms with Crippen molar-refractivity contribution in [3.8, 4) is 0 Å². The SMILES string of the molecule is CC(C)OCCS(=O)(=O)N1CCC(CCl)CC1. The van der Waals surface area contributed by atoms with E-state index in [0.717, 1.165) is 12.8 Å². The first kappa shape index (κ1) is 15.2. The average Bonchev–Trinajstić information content (AvgIpc) is 2.28. The molecule has 102 valence electrons. The third-order valence-corrected chi connectivity index (χ3v) is 5.25. The fourth-order valence-corrected chi connectivity index (χ4v) is 3.50. The van der Waals surface area contributed by atoms with E-state index in [1.807, 2.05) is 13.8 Å². The van der Waals surface area contributed by atoms with E-state index in [9.17, 15) is 8.42 Å². The number of halogens is 1. The van der Waals surface area contributed by atoms with Gasteiger partial charge in [-0.2, -0.15) is 0 Å². The molecule has 0 saturated carbocycles. The van der Waals surface area contributed by atoms with Crippen molar-refractivity contribution in [2.45, 2.75) is 32.8 Å². The maximum absolute atomic E-state index is 12.0. The smallest absolute Gasteiger partial charge is 0.216 e.